The number of pyridine rings is 1. The highest BCUT2D eigenvalue weighted by Gasteiger charge is 2.06. The van der Waals surface area contributed by atoms with E-state index in [0.717, 1.165) is 16.9 Å². The molecule has 1 heterocycles. The fourth-order valence-corrected chi connectivity index (χ4v) is 2.11. The van der Waals surface area contributed by atoms with Crippen molar-refractivity contribution < 1.29 is 14.3 Å². The minimum absolute atomic E-state index is 0.00581. The van der Waals surface area contributed by atoms with Crippen LogP contribution in [0.5, 0.6) is 11.6 Å². The third-order valence-corrected chi connectivity index (χ3v) is 3.29. The Bertz CT molecular complexity index is 629. The van der Waals surface area contributed by atoms with E-state index in [0.29, 0.717) is 25.3 Å². The van der Waals surface area contributed by atoms with E-state index in [2.05, 4.69) is 10.3 Å². The number of carbonyl (C=O) groups excluding carboxylic acids is 1. The number of aromatic nitrogens is 1. The molecule has 0 aliphatic rings. The van der Waals surface area contributed by atoms with Crippen LogP contribution in [0.3, 0.4) is 0 Å². The highest BCUT2D eigenvalue weighted by Crippen LogP contribution is 2.15. The summed E-state index contributed by atoms with van der Waals surface area (Å²) in [5.74, 6) is 1.34. The number of methoxy groups -OCH3 is 2. The predicted molar refractivity (Wildman–Crippen MR) is 84.0 cm³/mol. The van der Waals surface area contributed by atoms with Crippen LogP contribution in [0.15, 0.2) is 42.6 Å². The van der Waals surface area contributed by atoms with Crippen LogP contribution in [0.4, 0.5) is 0 Å². The normalized spacial score (nSPS) is 10.1. The van der Waals surface area contributed by atoms with Crippen molar-refractivity contribution in [3.05, 3.63) is 53.7 Å². The van der Waals surface area contributed by atoms with Crippen LogP contribution >= 0.6 is 0 Å². The molecule has 1 N–H and O–H groups in total. The Hall–Kier alpha value is -2.56. The minimum Gasteiger partial charge on any atom is -0.497 e. The van der Waals surface area contributed by atoms with E-state index in [1.807, 2.05) is 36.4 Å². The Kier molecular flexibility index (Phi) is 5.77. The predicted octanol–water partition coefficient (Wildman–Crippen LogP) is 2.35. The van der Waals surface area contributed by atoms with Gasteiger partial charge in [0.1, 0.15) is 5.75 Å². The molecule has 0 bridgehead atoms. The summed E-state index contributed by atoms with van der Waals surface area (Å²) in [7, 11) is 3.20. The number of hydrogen-bond acceptors (Lipinski definition) is 4. The molecule has 0 saturated heterocycles. The van der Waals surface area contributed by atoms with Crippen molar-refractivity contribution in [3.63, 3.8) is 0 Å². The van der Waals surface area contributed by atoms with Gasteiger partial charge in [0, 0.05) is 24.7 Å². The van der Waals surface area contributed by atoms with Crippen molar-refractivity contribution in [3.8, 4) is 11.6 Å². The van der Waals surface area contributed by atoms with Crippen LogP contribution in [0.2, 0.25) is 0 Å². The third kappa shape index (κ3) is 4.48. The summed E-state index contributed by atoms with van der Waals surface area (Å²) in [6.45, 7) is 0.411. The van der Waals surface area contributed by atoms with Gasteiger partial charge < -0.3 is 14.8 Å². The average Bonchev–Trinajstić information content (AvgIpc) is 2.58. The number of ether oxygens (including phenoxy) is 2. The van der Waals surface area contributed by atoms with Crippen LogP contribution in [0, 0.1) is 0 Å². The van der Waals surface area contributed by atoms with Crippen LogP contribution in [-0.4, -0.2) is 25.1 Å². The van der Waals surface area contributed by atoms with E-state index in [1.54, 1.807) is 20.4 Å². The summed E-state index contributed by atoms with van der Waals surface area (Å²) in [4.78, 5) is 16.0. The first-order valence-electron chi connectivity index (χ1n) is 7.10. The van der Waals surface area contributed by atoms with Gasteiger partial charge in [-0.05, 0) is 30.2 Å². The van der Waals surface area contributed by atoms with Crippen molar-refractivity contribution in [1.82, 2.24) is 10.3 Å². The van der Waals surface area contributed by atoms with Gasteiger partial charge in [0.25, 0.3) is 0 Å². The SMILES string of the molecule is COc1cccc(CCC(=O)NCc2cccnc2OC)c1. The summed E-state index contributed by atoms with van der Waals surface area (Å²) in [6, 6.07) is 11.4. The second-order valence-corrected chi connectivity index (χ2v) is 4.80. The van der Waals surface area contributed by atoms with Crippen LogP contribution in [-0.2, 0) is 17.8 Å². The first kappa shape index (κ1) is 15.8. The van der Waals surface area contributed by atoms with Gasteiger partial charge in [0.2, 0.25) is 11.8 Å². The molecule has 1 aromatic heterocycles. The lowest BCUT2D eigenvalue weighted by Crippen LogP contribution is -2.23. The maximum atomic E-state index is 11.9. The molecule has 0 spiro atoms. The van der Waals surface area contributed by atoms with Crippen LogP contribution in [0.25, 0.3) is 0 Å². The molecule has 0 aliphatic heterocycles. The molecule has 0 fully saturated rings. The van der Waals surface area contributed by atoms with E-state index in [-0.39, 0.29) is 5.91 Å². The number of nitrogens with zero attached hydrogens (tertiary/aromatic N) is 1. The summed E-state index contributed by atoms with van der Waals surface area (Å²) in [5.41, 5.74) is 1.94. The molecule has 0 unspecified atom stereocenters. The summed E-state index contributed by atoms with van der Waals surface area (Å²) < 4.78 is 10.3. The first-order chi connectivity index (χ1) is 10.7. The zero-order valence-corrected chi connectivity index (χ0v) is 12.8. The number of hydrogen-bond donors (Lipinski definition) is 1. The molecular formula is C17H20N2O3. The molecule has 0 atom stereocenters. The van der Waals surface area contributed by atoms with Crippen molar-refractivity contribution in [2.24, 2.45) is 0 Å². The lowest BCUT2D eigenvalue weighted by atomic mass is 10.1. The standard InChI is InChI=1S/C17H20N2O3/c1-21-15-7-3-5-13(11-15)8-9-16(20)19-12-14-6-4-10-18-17(14)22-2/h3-7,10-11H,8-9,12H2,1-2H3,(H,19,20). The Morgan fingerprint density at radius 2 is 2.05 bits per heavy atom. The van der Waals surface area contributed by atoms with Gasteiger partial charge in [0.05, 0.1) is 14.2 Å². The molecule has 22 heavy (non-hydrogen) atoms. The molecule has 2 rings (SSSR count). The molecule has 1 aromatic carbocycles. The van der Waals surface area contributed by atoms with Gasteiger partial charge in [-0.15, -0.1) is 0 Å². The average molecular weight is 300 g/mol. The molecule has 2 aromatic rings. The maximum Gasteiger partial charge on any atom is 0.220 e. The quantitative estimate of drug-likeness (QED) is 0.852. The second kappa shape index (κ2) is 8.02. The highest BCUT2D eigenvalue weighted by molar-refractivity contribution is 5.76. The van der Waals surface area contributed by atoms with E-state index in [9.17, 15) is 4.79 Å². The van der Waals surface area contributed by atoms with Gasteiger partial charge in [-0.25, -0.2) is 4.98 Å². The number of amides is 1. The summed E-state index contributed by atoms with van der Waals surface area (Å²) >= 11 is 0. The van der Waals surface area contributed by atoms with E-state index in [1.165, 1.54) is 0 Å². The number of rotatable bonds is 7. The smallest absolute Gasteiger partial charge is 0.220 e. The lowest BCUT2D eigenvalue weighted by Gasteiger charge is -2.09. The van der Waals surface area contributed by atoms with Gasteiger partial charge in [-0.3, -0.25) is 4.79 Å². The van der Waals surface area contributed by atoms with Crippen molar-refractivity contribution in [2.45, 2.75) is 19.4 Å². The van der Waals surface area contributed by atoms with E-state index in [4.69, 9.17) is 9.47 Å². The largest absolute Gasteiger partial charge is 0.497 e. The monoisotopic (exact) mass is 300 g/mol. The number of aryl methyl sites for hydroxylation is 1. The minimum atomic E-state index is -0.00581. The molecule has 5 nitrogen and oxygen atoms in total. The van der Waals surface area contributed by atoms with Gasteiger partial charge >= 0.3 is 0 Å². The van der Waals surface area contributed by atoms with Crippen LogP contribution < -0.4 is 14.8 Å². The summed E-state index contributed by atoms with van der Waals surface area (Å²) in [6.07, 6.45) is 2.76. The summed E-state index contributed by atoms with van der Waals surface area (Å²) in [5, 5.41) is 2.88. The zero-order valence-electron chi connectivity index (χ0n) is 12.8. The molecule has 116 valence electrons. The van der Waals surface area contributed by atoms with Crippen LogP contribution in [0.1, 0.15) is 17.5 Å². The topological polar surface area (TPSA) is 60.5 Å². The Morgan fingerprint density at radius 1 is 1.18 bits per heavy atom. The fraction of sp³-hybridized carbons (Fsp3) is 0.294. The molecule has 1 amide bonds. The molecule has 0 aliphatic carbocycles. The van der Waals surface area contributed by atoms with Gasteiger partial charge in [-0.1, -0.05) is 18.2 Å². The zero-order chi connectivity index (χ0) is 15.8. The third-order valence-electron chi connectivity index (χ3n) is 3.29. The number of benzene rings is 1. The highest BCUT2D eigenvalue weighted by atomic mass is 16.5. The van der Waals surface area contributed by atoms with E-state index < -0.39 is 0 Å². The first-order valence-corrected chi connectivity index (χ1v) is 7.10. The van der Waals surface area contributed by atoms with Gasteiger partial charge in [-0.2, -0.15) is 0 Å². The van der Waals surface area contributed by atoms with E-state index >= 15 is 0 Å². The van der Waals surface area contributed by atoms with Crippen molar-refractivity contribution in [1.29, 1.82) is 0 Å². The van der Waals surface area contributed by atoms with Crippen molar-refractivity contribution in [2.75, 3.05) is 14.2 Å². The Labute approximate surface area is 130 Å². The maximum absolute atomic E-state index is 11.9. The Balaban J connectivity index is 1.83. The van der Waals surface area contributed by atoms with Gasteiger partial charge in [0.15, 0.2) is 0 Å². The number of nitrogens with one attached hydrogen (secondary N) is 1. The Morgan fingerprint density at radius 3 is 2.82 bits per heavy atom. The van der Waals surface area contributed by atoms with Crippen molar-refractivity contribution >= 4 is 5.91 Å². The second-order valence-electron chi connectivity index (χ2n) is 4.80. The fourth-order valence-electron chi connectivity index (χ4n) is 2.11. The molecule has 5 heteroatoms. The molecular weight excluding hydrogens is 280 g/mol. The molecule has 0 radical (unpaired) electrons. The number of carbonyl (C=O) groups is 1. The molecule has 0 saturated carbocycles. The lowest BCUT2D eigenvalue weighted by molar-refractivity contribution is -0.121.